The van der Waals surface area contributed by atoms with Crippen LogP contribution in [0.4, 0.5) is 0 Å². The lowest BCUT2D eigenvalue weighted by atomic mass is 10.0. The van der Waals surface area contributed by atoms with Gasteiger partial charge in [-0.05, 0) is 25.5 Å². The van der Waals surface area contributed by atoms with E-state index in [1.54, 1.807) is 12.5 Å². The van der Waals surface area contributed by atoms with E-state index in [0.29, 0.717) is 5.02 Å². The lowest BCUT2D eigenvalue weighted by Crippen LogP contribution is -2.26. The van der Waals surface area contributed by atoms with E-state index in [1.807, 2.05) is 10.7 Å². The molecule has 0 saturated carbocycles. The van der Waals surface area contributed by atoms with E-state index in [9.17, 15) is 0 Å². The molecule has 0 saturated heterocycles. The maximum atomic E-state index is 6.41. The highest BCUT2D eigenvalue weighted by Crippen LogP contribution is 2.31. The van der Waals surface area contributed by atoms with E-state index in [0.717, 1.165) is 49.4 Å². The first kappa shape index (κ1) is 16.1. The molecule has 0 aliphatic heterocycles. The topological polar surface area (TPSA) is 43.0 Å². The highest BCUT2D eigenvalue weighted by molar-refractivity contribution is 6.31. The Morgan fingerprint density at radius 1 is 1.33 bits per heavy atom. The Labute approximate surface area is 131 Å². The smallest absolute Gasteiger partial charge is 0.108 e. The molecule has 116 valence electrons. The van der Waals surface area contributed by atoms with Crippen LogP contribution in [-0.2, 0) is 13.0 Å². The largest absolute Gasteiger partial charge is 0.469 e. The first-order valence-corrected chi connectivity index (χ1v) is 8.11. The summed E-state index contributed by atoms with van der Waals surface area (Å²) >= 11 is 6.41. The van der Waals surface area contributed by atoms with Crippen molar-refractivity contribution < 1.29 is 4.42 Å². The van der Waals surface area contributed by atoms with Crippen molar-refractivity contribution in [3.63, 3.8) is 0 Å². The predicted octanol–water partition coefficient (Wildman–Crippen LogP) is 4.19. The summed E-state index contributed by atoms with van der Waals surface area (Å²) in [4.78, 5) is 0. The van der Waals surface area contributed by atoms with E-state index < -0.39 is 0 Å². The van der Waals surface area contributed by atoms with Gasteiger partial charge in [0.25, 0.3) is 0 Å². The number of hydrogen-bond acceptors (Lipinski definition) is 3. The number of furan rings is 1. The van der Waals surface area contributed by atoms with Gasteiger partial charge >= 0.3 is 0 Å². The zero-order valence-electron chi connectivity index (χ0n) is 13.0. The molecule has 1 N–H and O–H groups in total. The Kier molecular flexibility index (Phi) is 5.88. The molecule has 0 aliphatic rings. The number of aromatic nitrogens is 2. The number of hydrogen-bond donors (Lipinski definition) is 1. The molecule has 0 amide bonds. The summed E-state index contributed by atoms with van der Waals surface area (Å²) in [5.74, 6) is 1.00. The highest BCUT2D eigenvalue weighted by atomic mass is 35.5. The molecule has 0 radical (unpaired) electrons. The zero-order chi connectivity index (χ0) is 15.2. The van der Waals surface area contributed by atoms with Crippen LogP contribution in [0, 0.1) is 0 Å². The third kappa shape index (κ3) is 3.50. The van der Waals surface area contributed by atoms with Gasteiger partial charge in [-0.25, -0.2) is 0 Å². The molecule has 0 aromatic carbocycles. The van der Waals surface area contributed by atoms with Crippen LogP contribution >= 0.6 is 11.6 Å². The van der Waals surface area contributed by atoms with Gasteiger partial charge in [0.15, 0.2) is 0 Å². The van der Waals surface area contributed by atoms with Gasteiger partial charge in [0.05, 0.1) is 29.2 Å². The third-order valence-corrected chi connectivity index (χ3v) is 3.84. The molecule has 0 spiro atoms. The van der Waals surface area contributed by atoms with Crippen LogP contribution < -0.4 is 5.32 Å². The molecular formula is C16H24ClN3O. The van der Waals surface area contributed by atoms with Crippen molar-refractivity contribution in [3.8, 4) is 0 Å². The van der Waals surface area contributed by atoms with Gasteiger partial charge in [0.1, 0.15) is 5.76 Å². The Balaban J connectivity index is 2.43. The van der Waals surface area contributed by atoms with Crippen LogP contribution in [0.25, 0.3) is 0 Å². The quantitative estimate of drug-likeness (QED) is 0.795. The standard InChI is InChI=1S/C16H24ClN3O/c1-4-8-18-15(12-7-10-21-14(12)6-3)16-13(17)11-19-20(16)9-5-2/h7,10-11,15,18H,4-6,8-9H2,1-3H3. The van der Waals surface area contributed by atoms with Crippen molar-refractivity contribution in [1.82, 2.24) is 15.1 Å². The van der Waals surface area contributed by atoms with Gasteiger partial charge in [-0.15, -0.1) is 0 Å². The van der Waals surface area contributed by atoms with Crippen LogP contribution in [-0.4, -0.2) is 16.3 Å². The summed E-state index contributed by atoms with van der Waals surface area (Å²) in [6.45, 7) is 8.19. The predicted molar refractivity (Wildman–Crippen MR) is 85.8 cm³/mol. The number of nitrogens with one attached hydrogen (secondary N) is 1. The molecule has 5 heteroatoms. The van der Waals surface area contributed by atoms with Crippen molar-refractivity contribution in [2.75, 3.05) is 6.54 Å². The van der Waals surface area contributed by atoms with Crippen molar-refractivity contribution in [2.45, 2.75) is 52.6 Å². The van der Waals surface area contributed by atoms with Gasteiger partial charge < -0.3 is 9.73 Å². The molecule has 2 aromatic rings. The number of halogens is 1. The summed E-state index contributed by atoms with van der Waals surface area (Å²) in [5.41, 5.74) is 2.19. The summed E-state index contributed by atoms with van der Waals surface area (Å²) in [6.07, 6.45) is 6.45. The fourth-order valence-corrected chi connectivity index (χ4v) is 2.84. The van der Waals surface area contributed by atoms with Gasteiger partial charge in [-0.3, -0.25) is 4.68 Å². The molecule has 0 aliphatic carbocycles. The lowest BCUT2D eigenvalue weighted by Gasteiger charge is -2.20. The summed E-state index contributed by atoms with van der Waals surface area (Å²) in [6, 6.07) is 2.06. The van der Waals surface area contributed by atoms with Crippen molar-refractivity contribution in [2.24, 2.45) is 0 Å². The molecule has 1 atom stereocenters. The van der Waals surface area contributed by atoms with Gasteiger partial charge in [-0.2, -0.15) is 5.10 Å². The molecular weight excluding hydrogens is 286 g/mol. The molecule has 1 unspecified atom stereocenters. The summed E-state index contributed by atoms with van der Waals surface area (Å²) in [5, 5.41) is 8.71. The fraction of sp³-hybridized carbons (Fsp3) is 0.562. The van der Waals surface area contributed by atoms with Crippen LogP contribution in [0.15, 0.2) is 22.9 Å². The third-order valence-electron chi connectivity index (χ3n) is 3.55. The maximum Gasteiger partial charge on any atom is 0.108 e. The monoisotopic (exact) mass is 309 g/mol. The Bertz CT molecular complexity index is 562. The van der Waals surface area contributed by atoms with E-state index in [4.69, 9.17) is 16.0 Å². The molecule has 0 fully saturated rings. The Morgan fingerprint density at radius 3 is 2.81 bits per heavy atom. The molecule has 4 nitrogen and oxygen atoms in total. The second-order valence-electron chi connectivity index (χ2n) is 5.14. The molecule has 2 aromatic heterocycles. The Morgan fingerprint density at radius 2 is 2.14 bits per heavy atom. The van der Waals surface area contributed by atoms with E-state index >= 15 is 0 Å². The normalized spacial score (nSPS) is 12.8. The average molecular weight is 310 g/mol. The van der Waals surface area contributed by atoms with Gasteiger partial charge in [0, 0.05) is 18.5 Å². The average Bonchev–Trinajstić information content (AvgIpc) is 3.09. The minimum atomic E-state index is 0.0280. The Hall–Kier alpha value is -1.26. The highest BCUT2D eigenvalue weighted by Gasteiger charge is 2.24. The minimum absolute atomic E-state index is 0.0280. The van der Waals surface area contributed by atoms with Gasteiger partial charge in [0.2, 0.25) is 0 Å². The van der Waals surface area contributed by atoms with E-state index in [1.165, 1.54) is 0 Å². The minimum Gasteiger partial charge on any atom is -0.469 e. The van der Waals surface area contributed by atoms with Crippen molar-refractivity contribution >= 4 is 11.6 Å². The SMILES string of the molecule is CCCNC(c1ccoc1CC)c1c(Cl)cnn1CCC. The van der Waals surface area contributed by atoms with Crippen LogP contribution in [0.5, 0.6) is 0 Å². The molecule has 0 bridgehead atoms. The van der Waals surface area contributed by atoms with E-state index in [-0.39, 0.29) is 6.04 Å². The zero-order valence-corrected chi connectivity index (χ0v) is 13.8. The maximum absolute atomic E-state index is 6.41. The van der Waals surface area contributed by atoms with Crippen molar-refractivity contribution in [3.05, 3.63) is 40.6 Å². The first-order chi connectivity index (χ1) is 10.2. The van der Waals surface area contributed by atoms with Crippen molar-refractivity contribution in [1.29, 1.82) is 0 Å². The molecule has 2 rings (SSSR count). The van der Waals surface area contributed by atoms with Crippen LogP contribution in [0.2, 0.25) is 5.02 Å². The second-order valence-corrected chi connectivity index (χ2v) is 5.55. The number of rotatable bonds is 8. The molecule has 2 heterocycles. The van der Waals surface area contributed by atoms with Crippen LogP contribution in [0.1, 0.15) is 56.7 Å². The summed E-state index contributed by atoms with van der Waals surface area (Å²) < 4.78 is 7.60. The number of nitrogens with zero attached hydrogens (tertiary/aromatic N) is 2. The summed E-state index contributed by atoms with van der Waals surface area (Å²) in [7, 11) is 0. The fourth-order valence-electron chi connectivity index (χ4n) is 2.59. The first-order valence-electron chi connectivity index (χ1n) is 7.73. The number of aryl methyl sites for hydroxylation is 2. The van der Waals surface area contributed by atoms with E-state index in [2.05, 4.69) is 31.2 Å². The molecule has 21 heavy (non-hydrogen) atoms. The second kappa shape index (κ2) is 7.66. The van der Waals surface area contributed by atoms with Gasteiger partial charge in [-0.1, -0.05) is 32.4 Å². The van der Waals surface area contributed by atoms with Crippen LogP contribution in [0.3, 0.4) is 0 Å². The lowest BCUT2D eigenvalue weighted by molar-refractivity contribution is 0.482.